The van der Waals surface area contributed by atoms with Gasteiger partial charge >= 0.3 is 23.9 Å². The molecular formula is C36H37NO9. The van der Waals surface area contributed by atoms with Gasteiger partial charge in [-0.15, -0.1) is 0 Å². The van der Waals surface area contributed by atoms with Crippen LogP contribution < -0.4 is 0 Å². The average molecular weight is 628 g/mol. The number of carboxylic acids is 2. The normalized spacial score (nSPS) is 13.8. The Hall–Kier alpha value is -5.35. The number of epoxide rings is 1. The molecule has 240 valence electrons. The Morgan fingerprint density at radius 3 is 2.37 bits per heavy atom. The lowest BCUT2D eigenvalue weighted by Crippen LogP contribution is -2.10. The Bertz CT molecular complexity index is 1710. The number of hydrogen-bond acceptors (Lipinski definition) is 8. The van der Waals surface area contributed by atoms with Gasteiger partial charge in [-0.2, -0.15) is 0 Å². The van der Waals surface area contributed by atoms with E-state index >= 15 is 0 Å². The third-order valence-corrected chi connectivity index (χ3v) is 7.01. The summed E-state index contributed by atoms with van der Waals surface area (Å²) in [6.07, 6.45) is 6.90. The Kier molecular flexibility index (Phi) is 13.2. The van der Waals surface area contributed by atoms with E-state index in [1.807, 2.05) is 48.5 Å². The molecule has 1 saturated heterocycles. The van der Waals surface area contributed by atoms with E-state index in [0.29, 0.717) is 49.9 Å². The molecule has 0 radical (unpaired) electrons. The van der Waals surface area contributed by atoms with Crippen molar-refractivity contribution in [2.24, 2.45) is 5.16 Å². The maximum absolute atomic E-state index is 11.5. The van der Waals surface area contributed by atoms with E-state index in [2.05, 4.69) is 24.9 Å². The zero-order valence-electron chi connectivity index (χ0n) is 25.7. The Labute approximate surface area is 266 Å². The van der Waals surface area contributed by atoms with E-state index < -0.39 is 23.9 Å². The van der Waals surface area contributed by atoms with Gasteiger partial charge in [0.2, 0.25) is 0 Å². The van der Waals surface area contributed by atoms with Crippen molar-refractivity contribution >= 4 is 57.7 Å². The molecular weight excluding hydrogens is 590 g/mol. The zero-order chi connectivity index (χ0) is 33.6. The van der Waals surface area contributed by atoms with Gasteiger partial charge in [0.15, 0.2) is 0 Å². The molecule has 1 unspecified atom stereocenters. The van der Waals surface area contributed by atoms with E-state index in [0.717, 1.165) is 38.7 Å². The molecule has 3 aromatic rings. The van der Waals surface area contributed by atoms with Gasteiger partial charge in [-0.3, -0.25) is 0 Å². The van der Waals surface area contributed by atoms with Crippen LogP contribution in [0.1, 0.15) is 50.2 Å². The lowest BCUT2D eigenvalue weighted by atomic mass is 9.93. The Balaban J connectivity index is 0.000000277. The largest absolute Gasteiger partial charge is 0.478 e. The molecule has 0 spiro atoms. The summed E-state index contributed by atoms with van der Waals surface area (Å²) in [6, 6.07) is 15.5. The standard InChI is InChI=1S/C23H19NO4.C13H18O5/c1-3-15(23(26)27)12-17-9-7-10-18-13-16-8-5-6-11-19(16)20(22(17)18)14-24-28-21(25)4-2;1-9(12(14)15)5-3-4-6-17-13(16)10(2)7-11-8-18-11/h4-14H,2-3H2,1H3,(H,26,27);11H,1-8H2,(H,14,15). The maximum Gasteiger partial charge on any atom is 0.357 e. The van der Waals surface area contributed by atoms with Crippen molar-refractivity contribution in [2.45, 2.75) is 45.1 Å². The average Bonchev–Trinajstić information content (AvgIpc) is 3.86. The van der Waals surface area contributed by atoms with Crippen LogP contribution in [0.2, 0.25) is 0 Å². The highest BCUT2D eigenvalue weighted by Gasteiger charge is 2.25. The molecule has 46 heavy (non-hydrogen) atoms. The SMILES string of the molecule is C=C(CCCCOC(=O)C(=C)CC1CO1)C(=O)O.C=CC(=O)ON=Cc1c2ccccc2cc2cccc(C=C(CC)C(=O)O)c12. The molecule has 0 aliphatic carbocycles. The molecule has 1 fully saturated rings. The number of unbranched alkanes of at least 4 members (excludes halogenated alkanes) is 1. The quantitative estimate of drug-likeness (QED) is 0.0277. The van der Waals surface area contributed by atoms with Gasteiger partial charge in [0, 0.05) is 34.8 Å². The van der Waals surface area contributed by atoms with Crippen molar-refractivity contribution < 1.29 is 43.7 Å². The minimum Gasteiger partial charge on any atom is -0.478 e. The zero-order valence-corrected chi connectivity index (χ0v) is 25.7. The summed E-state index contributed by atoms with van der Waals surface area (Å²) in [5, 5.41) is 25.5. The third kappa shape index (κ3) is 10.4. The molecule has 4 rings (SSSR count). The maximum atomic E-state index is 11.5. The lowest BCUT2D eigenvalue weighted by Gasteiger charge is -2.11. The minimum atomic E-state index is -0.982. The van der Waals surface area contributed by atoms with Crippen LogP contribution in [-0.4, -0.2) is 59.6 Å². The highest BCUT2D eigenvalue weighted by Crippen LogP contribution is 2.31. The molecule has 0 amide bonds. The van der Waals surface area contributed by atoms with Gasteiger partial charge in [-0.25, -0.2) is 19.2 Å². The van der Waals surface area contributed by atoms with Crippen molar-refractivity contribution in [3.05, 3.63) is 102 Å². The topological polar surface area (TPSA) is 152 Å². The monoisotopic (exact) mass is 627 g/mol. The van der Waals surface area contributed by atoms with E-state index in [1.54, 1.807) is 13.0 Å². The first kappa shape index (κ1) is 35.1. The van der Waals surface area contributed by atoms with Gasteiger partial charge in [-0.1, -0.05) is 74.3 Å². The predicted molar refractivity (Wildman–Crippen MR) is 176 cm³/mol. The van der Waals surface area contributed by atoms with E-state index in [4.69, 9.17) is 19.4 Å². The van der Waals surface area contributed by atoms with Crippen LogP contribution in [0.25, 0.3) is 27.6 Å². The van der Waals surface area contributed by atoms with E-state index in [9.17, 15) is 24.3 Å². The van der Waals surface area contributed by atoms with Crippen molar-refractivity contribution in [3.8, 4) is 0 Å². The summed E-state index contributed by atoms with van der Waals surface area (Å²) < 4.78 is 9.99. The second-order valence-electron chi connectivity index (χ2n) is 10.4. The number of hydrogen-bond donors (Lipinski definition) is 2. The number of benzene rings is 3. The van der Waals surface area contributed by atoms with E-state index in [1.165, 1.54) is 6.21 Å². The second kappa shape index (κ2) is 17.2. The molecule has 1 heterocycles. The van der Waals surface area contributed by atoms with Gasteiger partial charge in [0.1, 0.15) is 0 Å². The summed E-state index contributed by atoms with van der Waals surface area (Å²) in [5.74, 6) is -2.98. The van der Waals surface area contributed by atoms with Crippen LogP contribution in [0, 0.1) is 0 Å². The number of oxime groups is 1. The summed E-state index contributed by atoms with van der Waals surface area (Å²) >= 11 is 0. The number of fused-ring (bicyclic) bond motifs is 2. The van der Waals surface area contributed by atoms with Crippen molar-refractivity contribution in [1.29, 1.82) is 0 Å². The second-order valence-corrected chi connectivity index (χ2v) is 10.4. The van der Waals surface area contributed by atoms with Gasteiger partial charge in [0.05, 0.1) is 25.5 Å². The number of rotatable bonds is 15. The number of nitrogens with zero attached hydrogens (tertiary/aromatic N) is 1. The molecule has 0 aromatic heterocycles. The highest BCUT2D eigenvalue weighted by molar-refractivity contribution is 6.16. The fraction of sp³-hybridized carbons (Fsp3) is 0.250. The molecule has 1 atom stereocenters. The van der Waals surface area contributed by atoms with Crippen LogP contribution in [0.5, 0.6) is 0 Å². The smallest absolute Gasteiger partial charge is 0.357 e. The van der Waals surface area contributed by atoms with Crippen LogP contribution in [0.3, 0.4) is 0 Å². The molecule has 10 nitrogen and oxygen atoms in total. The van der Waals surface area contributed by atoms with Crippen LogP contribution >= 0.6 is 0 Å². The summed E-state index contributed by atoms with van der Waals surface area (Å²) in [4.78, 5) is 49.5. The molecule has 0 saturated carbocycles. The molecule has 2 N–H and O–H groups in total. The minimum absolute atomic E-state index is 0.129. The van der Waals surface area contributed by atoms with Crippen molar-refractivity contribution in [1.82, 2.24) is 0 Å². The van der Waals surface area contributed by atoms with E-state index in [-0.39, 0.29) is 18.3 Å². The van der Waals surface area contributed by atoms with Crippen molar-refractivity contribution in [3.63, 3.8) is 0 Å². The fourth-order valence-electron chi connectivity index (χ4n) is 4.47. The number of ether oxygens (including phenoxy) is 2. The van der Waals surface area contributed by atoms with Crippen LogP contribution in [0.4, 0.5) is 0 Å². The Morgan fingerprint density at radius 1 is 1.00 bits per heavy atom. The number of carbonyl (C=O) groups excluding carboxylic acids is 2. The summed E-state index contributed by atoms with van der Waals surface area (Å²) in [5.41, 5.74) is 2.42. The first-order valence-corrected chi connectivity index (χ1v) is 14.7. The highest BCUT2D eigenvalue weighted by atomic mass is 16.7. The fourth-order valence-corrected chi connectivity index (χ4v) is 4.47. The summed E-state index contributed by atoms with van der Waals surface area (Å²) in [6.45, 7) is 13.2. The molecule has 0 bridgehead atoms. The van der Waals surface area contributed by atoms with Gasteiger partial charge < -0.3 is 24.5 Å². The van der Waals surface area contributed by atoms with Crippen LogP contribution in [0.15, 0.2) is 96.2 Å². The predicted octanol–water partition coefficient (Wildman–Crippen LogP) is 6.62. The Morgan fingerprint density at radius 2 is 1.72 bits per heavy atom. The van der Waals surface area contributed by atoms with Crippen LogP contribution in [-0.2, 0) is 33.5 Å². The number of carbonyl (C=O) groups is 4. The lowest BCUT2D eigenvalue weighted by molar-refractivity contribution is -0.139. The molecule has 1 aliphatic heterocycles. The molecule has 1 aliphatic rings. The number of carboxylic acid groups (broad SMARTS) is 2. The van der Waals surface area contributed by atoms with Gasteiger partial charge in [-0.05, 0) is 64.9 Å². The first-order valence-electron chi connectivity index (χ1n) is 14.7. The summed E-state index contributed by atoms with van der Waals surface area (Å²) in [7, 11) is 0. The first-order chi connectivity index (χ1) is 22.0. The van der Waals surface area contributed by atoms with Crippen molar-refractivity contribution in [2.75, 3.05) is 13.2 Å². The number of aliphatic carboxylic acids is 2. The molecule has 10 heteroatoms. The third-order valence-electron chi connectivity index (χ3n) is 7.01. The number of esters is 1. The molecule has 3 aromatic carbocycles. The van der Waals surface area contributed by atoms with Gasteiger partial charge in [0.25, 0.3) is 0 Å².